The van der Waals surface area contributed by atoms with Crippen molar-refractivity contribution in [3.63, 3.8) is 0 Å². The summed E-state index contributed by atoms with van der Waals surface area (Å²) >= 11 is 0. The zero-order valence-electron chi connectivity index (χ0n) is 21.5. The van der Waals surface area contributed by atoms with Crippen LogP contribution in [0.3, 0.4) is 0 Å². The molecule has 3 aromatic carbocycles. The molecule has 228 valence electrons. The van der Waals surface area contributed by atoms with E-state index in [0.717, 1.165) is 18.2 Å². The lowest BCUT2D eigenvalue weighted by atomic mass is 10.1. The van der Waals surface area contributed by atoms with E-state index in [1.165, 1.54) is 13.8 Å². The maximum atomic E-state index is 11.9. The van der Waals surface area contributed by atoms with Crippen LogP contribution in [0.4, 0.5) is 0 Å². The average molecular weight is 658 g/mol. The van der Waals surface area contributed by atoms with Gasteiger partial charge in [0.2, 0.25) is 0 Å². The highest BCUT2D eigenvalue weighted by Gasteiger charge is 2.29. The summed E-state index contributed by atoms with van der Waals surface area (Å²) in [6, 6.07) is 3.65. The van der Waals surface area contributed by atoms with E-state index >= 15 is 0 Å². The predicted octanol–water partition coefficient (Wildman–Crippen LogP) is 1.76. The predicted molar refractivity (Wildman–Crippen MR) is 143 cm³/mol. The van der Waals surface area contributed by atoms with Crippen molar-refractivity contribution in [1.29, 1.82) is 0 Å². The molecule has 0 spiro atoms. The van der Waals surface area contributed by atoms with Crippen molar-refractivity contribution in [2.24, 2.45) is 0 Å². The summed E-state index contributed by atoms with van der Waals surface area (Å²) in [4.78, 5) is 8.81. The van der Waals surface area contributed by atoms with E-state index in [1.54, 1.807) is 0 Å². The lowest BCUT2D eigenvalue weighted by molar-refractivity contribution is 0.409. The first-order valence-electron chi connectivity index (χ1n) is 11.3. The van der Waals surface area contributed by atoms with Crippen LogP contribution in [0.5, 0.6) is 28.7 Å². The molecule has 4 rings (SSSR count). The fourth-order valence-electron chi connectivity index (χ4n) is 3.99. The standard InChI is InChI=1S/C23H19N3O14S3/c1-8-4-13(27)10(5-16(8)41(32,33)34)21-24-22(11-6-17(42(35,36)37)15(29)7-14(11)28)26-23(25-21)12-3-9(2)18(30)20(19(12)31)43(38,39)40/h3-7,27-31H,1-2H3,(H,32,33,34)(H,35,36,37)(H,38,39,40). The second-order valence-corrected chi connectivity index (χ2v) is 13.1. The van der Waals surface area contributed by atoms with Crippen LogP contribution in [0.2, 0.25) is 0 Å². The lowest BCUT2D eigenvalue weighted by Crippen LogP contribution is -2.06. The Hall–Kier alpha value is -4.60. The molecule has 0 amide bonds. The maximum absolute atomic E-state index is 11.9. The fraction of sp³-hybridized carbons (Fsp3) is 0.0870. The Morgan fingerprint density at radius 1 is 0.488 bits per heavy atom. The zero-order chi connectivity index (χ0) is 32.4. The molecule has 0 atom stereocenters. The van der Waals surface area contributed by atoms with Crippen molar-refractivity contribution >= 4 is 30.4 Å². The van der Waals surface area contributed by atoms with E-state index in [9.17, 15) is 64.4 Å². The molecule has 8 N–H and O–H groups in total. The van der Waals surface area contributed by atoms with Gasteiger partial charge in [0.05, 0.1) is 21.6 Å². The highest BCUT2D eigenvalue weighted by Crippen LogP contribution is 2.43. The minimum absolute atomic E-state index is 0.114. The number of aryl methyl sites for hydroxylation is 2. The number of phenols is 5. The third-order valence-corrected chi connectivity index (χ3v) is 8.74. The van der Waals surface area contributed by atoms with Gasteiger partial charge in [-0.05, 0) is 49.2 Å². The first-order valence-corrected chi connectivity index (χ1v) is 15.6. The molecule has 1 aromatic heterocycles. The third-order valence-electron chi connectivity index (χ3n) is 5.96. The first kappa shape index (κ1) is 31.3. The summed E-state index contributed by atoms with van der Waals surface area (Å²) in [7, 11) is -15.3. The monoisotopic (exact) mass is 657 g/mol. The minimum Gasteiger partial charge on any atom is -0.507 e. The zero-order valence-corrected chi connectivity index (χ0v) is 23.9. The normalized spacial score (nSPS) is 12.4. The Morgan fingerprint density at radius 2 is 0.930 bits per heavy atom. The summed E-state index contributed by atoms with van der Waals surface area (Å²) < 4.78 is 100. The Bertz CT molecular complexity index is 2080. The van der Waals surface area contributed by atoms with Crippen molar-refractivity contribution in [2.45, 2.75) is 28.5 Å². The highest BCUT2D eigenvalue weighted by molar-refractivity contribution is 7.86. The number of phenolic OH excluding ortho intramolecular Hbond substituents is 5. The van der Waals surface area contributed by atoms with Gasteiger partial charge < -0.3 is 25.5 Å². The number of benzene rings is 3. The molecule has 0 aliphatic rings. The summed E-state index contributed by atoms with van der Waals surface area (Å²) in [6.45, 7) is 2.40. The van der Waals surface area contributed by atoms with Gasteiger partial charge in [0.1, 0.15) is 27.9 Å². The van der Waals surface area contributed by atoms with Crippen molar-refractivity contribution in [1.82, 2.24) is 15.0 Å². The van der Waals surface area contributed by atoms with Gasteiger partial charge in [0, 0.05) is 6.07 Å². The molecule has 0 aliphatic carbocycles. The van der Waals surface area contributed by atoms with Crippen LogP contribution in [0.25, 0.3) is 34.2 Å². The number of aromatic nitrogens is 3. The van der Waals surface area contributed by atoms with E-state index in [4.69, 9.17) is 0 Å². The molecule has 20 heteroatoms. The van der Waals surface area contributed by atoms with Gasteiger partial charge in [-0.1, -0.05) is 0 Å². The van der Waals surface area contributed by atoms with Gasteiger partial charge in [-0.25, -0.2) is 15.0 Å². The number of aromatic hydroxyl groups is 5. The SMILES string of the molecule is Cc1cc(O)c(-c2nc(-c3cc(S(=O)(=O)O)c(O)cc3O)nc(-c3cc(C)c(O)c(S(=O)(=O)O)c3O)n2)cc1S(=O)(=O)O. The summed E-state index contributed by atoms with van der Waals surface area (Å²) in [5.41, 5.74) is -2.10. The Morgan fingerprint density at radius 3 is 1.40 bits per heavy atom. The Balaban J connectivity index is 2.19. The third kappa shape index (κ3) is 5.86. The van der Waals surface area contributed by atoms with Gasteiger partial charge in [-0.2, -0.15) is 25.3 Å². The molecule has 0 saturated carbocycles. The minimum atomic E-state index is -5.28. The first-order chi connectivity index (χ1) is 19.6. The molecule has 0 unspecified atom stereocenters. The second-order valence-electron chi connectivity index (χ2n) is 8.97. The Kier molecular flexibility index (Phi) is 7.50. The van der Waals surface area contributed by atoms with Gasteiger partial charge in [-0.3, -0.25) is 13.7 Å². The molecular weight excluding hydrogens is 638 g/mol. The van der Waals surface area contributed by atoms with Gasteiger partial charge in [0.15, 0.2) is 28.1 Å². The molecule has 0 aliphatic heterocycles. The van der Waals surface area contributed by atoms with E-state index < -0.39 is 108 Å². The smallest absolute Gasteiger partial charge is 0.301 e. The average Bonchev–Trinajstić information content (AvgIpc) is 2.83. The quantitative estimate of drug-likeness (QED) is 0.137. The van der Waals surface area contributed by atoms with Crippen LogP contribution >= 0.6 is 0 Å². The summed E-state index contributed by atoms with van der Waals surface area (Å²) in [5.74, 6) is -7.06. The molecule has 17 nitrogen and oxygen atoms in total. The molecule has 0 fully saturated rings. The van der Waals surface area contributed by atoms with Gasteiger partial charge in [0.25, 0.3) is 20.2 Å². The molecule has 4 aromatic rings. The number of rotatable bonds is 6. The molecular formula is C23H19N3O14S3. The van der Waals surface area contributed by atoms with Crippen molar-refractivity contribution < 1.29 is 64.4 Å². The van der Waals surface area contributed by atoms with Crippen molar-refractivity contribution in [2.75, 3.05) is 0 Å². The largest absolute Gasteiger partial charge is 0.507 e. The number of nitrogens with zero attached hydrogens (tertiary/aromatic N) is 3. The highest BCUT2D eigenvalue weighted by atomic mass is 32.2. The van der Waals surface area contributed by atoms with E-state index in [0.29, 0.717) is 12.1 Å². The van der Waals surface area contributed by atoms with Crippen LogP contribution in [-0.2, 0) is 30.4 Å². The number of hydrogen-bond donors (Lipinski definition) is 8. The van der Waals surface area contributed by atoms with E-state index in [-0.39, 0.29) is 11.1 Å². The van der Waals surface area contributed by atoms with Crippen LogP contribution in [0, 0.1) is 13.8 Å². The summed E-state index contributed by atoms with van der Waals surface area (Å²) in [6.07, 6.45) is 0. The maximum Gasteiger partial charge on any atom is 0.301 e. The van der Waals surface area contributed by atoms with E-state index in [1.807, 2.05) is 0 Å². The van der Waals surface area contributed by atoms with Crippen molar-refractivity contribution in [3.8, 4) is 62.9 Å². The van der Waals surface area contributed by atoms with E-state index in [2.05, 4.69) is 15.0 Å². The van der Waals surface area contributed by atoms with Crippen LogP contribution < -0.4 is 0 Å². The second kappa shape index (κ2) is 10.3. The molecule has 0 saturated heterocycles. The molecule has 43 heavy (non-hydrogen) atoms. The van der Waals surface area contributed by atoms with Crippen LogP contribution in [0.15, 0.2) is 45.0 Å². The molecule has 0 radical (unpaired) electrons. The van der Waals surface area contributed by atoms with Crippen LogP contribution in [0.1, 0.15) is 11.1 Å². The summed E-state index contributed by atoms with van der Waals surface area (Å²) in [5, 5.41) is 52.0. The van der Waals surface area contributed by atoms with Gasteiger partial charge >= 0.3 is 10.1 Å². The topological polar surface area (TPSA) is 303 Å². The fourth-order valence-corrected chi connectivity index (χ4v) is 6.07. The lowest BCUT2D eigenvalue weighted by Gasteiger charge is -2.15. The van der Waals surface area contributed by atoms with Crippen molar-refractivity contribution in [3.05, 3.63) is 41.5 Å². The van der Waals surface area contributed by atoms with Crippen LogP contribution in [-0.4, -0.2) is 79.4 Å². The Labute approximate surface area is 242 Å². The molecule has 1 heterocycles. The number of hydrogen-bond acceptors (Lipinski definition) is 14. The molecule has 0 bridgehead atoms. The van der Waals surface area contributed by atoms with Gasteiger partial charge in [-0.15, -0.1) is 0 Å².